The molecule has 0 aliphatic heterocycles. The molecule has 20 heavy (non-hydrogen) atoms. The summed E-state index contributed by atoms with van der Waals surface area (Å²) < 4.78 is 11.2. The molecule has 108 valence electrons. The maximum atomic E-state index is 5.93. The first-order valence-corrected chi connectivity index (χ1v) is 7.39. The third kappa shape index (κ3) is 3.84. The van der Waals surface area contributed by atoms with Crippen molar-refractivity contribution in [2.24, 2.45) is 5.92 Å². The molecule has 0 fully saturated rings. The van der Waals surface area contributed by atoms with Crippen LogP contribution >= 0.6 is 11.6 Å². The summed E-state index contributed by atoms with van der Waals surface area (Å²) in [6.45, 7) is 6.08. The maximum absolute atomic E-state index is 5.93. The van der Waals surface area contributed by atoms with Gasteiger partial charge in [0.25, 0.3) is 0 Å². The normalized spacial score (nSPS) is 11.2. The molecule has 0 saturated heterocycles. The van der Waals surface area contributed by atoms with Crippen molar-refractivity contribution in [3.8, 4) is 5.88 Å². The Bertz CT molecular complexity index is 557. The van der Waals surface area contributed by atoms with E-state index in [0.717, 1.165) is 22.9 Å². The second-order valence-electron chi connectivity index (χ2n) is 5.09. The molecule has 0 atom stereocenters. The number of fused-ring (bicyclic) bond motifs is 1. The van der Waals surface area contributed by atoms with Crippen LogP contribution in [0.3, 0.4) is 0 Å². The van der Waals surface area contributed by atoms with Crippen LogP contribution in [0.15, 0.2) is 30.5 Å². The van der Waals surface area contributed by atoms with E-state index in [4.69, 9.17) is 21.1 Å². The monoisotopic (exact) mass is 293 g/mol. The van der Waals surface area contributed by atoms with E-state index in [9.17, 15) is 0 Å². The summed E-state index contributed by atoms with van der Waals surface area (Å²) in [5.74, 6) is 1.63. The predicted molar refractivity (Wildman–Crippen MR) is 82.5 cm³/mol. The Morgan fingerprint density at radius 1 is 1.15 bits per heavy atom. The molecule has 1 heterocycles. The lowest BCUT2D eigenvalue weighted by Crippen LogP contribution is -2.11. The Morgan fingerprint density at radius 2 is 1.90 bits per heavy atom. The van der Waals surface area contributed by atoms with E-state index in [2.05, 4.69) is 18.8 Å². The lowest BCUT2D eigenvalue weighted by Gasteiger charge is -2.11. The van der Waals surface area contributed by atoms with E-state index in [0.29, 0.717) is 30.9 Å². The summed E-state index contributed by atoms with van der Waals surface area (Å²) in [5, 5.41) is 2.09. The number of benzene rings is 1. The fourth-order valence-electron chi connectivity index (χ4n) is 1.96. The zero-order chi connectivity index (χ0) is 14.4. The topological polar surface area (TPSA) is 31.4 Å². The minimum absolute atomic E-state index is 0.450. The quantitative estimate of drug-likeness (QED) is 0.570. The number of alkyl halides is 1. The molecule has 1 aromatic heterocycles. The van der Waals surface area contributed by atoms with Crippen LogP contribution < -0.4 is 4.74 Å². The molecule has 0 N–H and O–H groups in total. The molecular formula is C16H20ClNO2. The van der Waals surface area contributed by atoms with Crippen molar-refractivity contribution in [1.82, 2.24) is 4.98 Å². The van der Waals surface area contributed by atoms with Gasteiger partial charge in [0.05, 0.1) is 6.61 Å². The number of halogens is 1. The summed E-state index contributed by atoms with van der Waals surface area (Å²) in [6.07, 6.45) is 1.78. The Kier molecular flexibility index (Phi) is 5.62. The fraction of sp³-hybridized carbons (Fsp3) is 0.438. The van der Waals surface area contributed by atoms with Crippen LogP contribution in [0, 0.1) is 5.92 Å². The van der Waals surface area contributed by atoms with Crippen LogP contribution in [-0.2, 0) is 10.6 Å². The van der Waals surface area contributed by atoms with Gasteiger partial charge in [0.2, 0.25) is 5.88 Å². The summed E-state index contributed by atoms with van der Waals surface area (Å²) in [6, 6.07) is 8.01. The van der Waals surface area contributed by atoms with Gasteiger partial charge >= 0.3 is 0 Å². The zero-order valence-corrected chi connectivity index (χ0v) is 12.7. The van der Waals surface area contributed by atoms with Gasteiger partial charge in [-0.25, -0.2) is 4.98 Å². The molecule has 0 saturated carbocycles. The Labute approximate surface area is 124 Å². The van der Waals surface area contributed by atoms with Crippen LogP contribution in [0.5, 0.6) is 5.88 Å². The summed E-state index contributed by atoms with van der Waals surface area (Å²) in [5.41, 5.74) is 1.02. The number of hydrogen-bond acceptors (Lipinski definition) is 3. The van der Waals surface area contributed by atoms with E-state index in [1.807, 2.05) is 24.3 Å². The van der Waals surface area contributed by atoms with Crippen LogP contribution in [-0.4, -0.2) is 24.8 Å². The maximum Gasteiger partial charge on any atom is 0.221 e. The SMILES string of the molecule is CC(C)COCCOc1ncc(CCl)c2ccccc12. The average molecular weight is 294 g/mol. The molecule has 4 heteroatoms. The first kappa shape index (κ1) is 15.1. The minimum Gasteiger partial charge on any atom is -0.475 e. The highest BCUT2D eigenvalue weighted by atomic mass is 35.5. The first-order chi connectivity index (χ1) is 9.72. The van der Waals surface area contributed by atoms with Crippen molar-refractivity contribution in [3.63, 3.8) is 0 Å². The highest BCUT2D eigenvalue weighted by Gasteiger charge is 2.07. The largest absolute Gasteiger partial charge is 0.475 e. The van der Waals surface area contributed by atoms with Crippen molar-refractivity contribution in [3.05, 3.63) is 36.0 Å². The van der Waals surface area contributed by atoms with Gasteiger partial charge in [-0.15, -0.1) is 11.6 Å². The van der Waals surface area contributed by atoms with Gasteiger partial charge in [0.15, 0.2) is 0 Å². The molecule has 2 aromatic rings. The average Bonchev–Trinajstić information content (AvgIpc) is 2.46. The molecule has 2 rings (SSSR count). The summed E-state index contributed by atoms with van der Waals surface area (Å²) in [4.78, 5) is 4.35. The van der Waals surface area contributed by atoms with Crippen molar-refractivity contribution in [1.29, 1.82) is 0 Å². The molecular weight excluding hydrogens is 274 g/mol. The van der Waals surface area contributed by atoms with Gasteiger partial charge in [-0.3, -0.25) is 0 Å². The number of hydrogen-bond donors (Lipinski definition) is 0. The number of nitrogens with zero attached hydrogens (tertiary/aromatic N) is 1. The van der Waals surface area contributed by atoms with E-state index in [1.54, 1.807) is 6.20 Å². The highest BCUT2D eigenvalue weighted by molar-refractivity contribution is 6.18. The van der Waals surface area contributed by atoms with Gasteiger partial charge in [-0.05, 0) is 22.9 Å². The standard InChI is InChI=1S/C16H20ClNO2/c1-12(2)11-19-7-8-20-16-15-6-4-3-5-14(15)13(9-17)10-18-16/h3-6,10,12H,7-9,11H2,1-2H3. The molecule has 1 aromatic carbocycles. The molecule has 0 amide bonds. The number of aromatic nitrogens is 1. The lowest BCUT2D eigenvalue weighted by atomic mass is 10.1. The first-order valence-electron chi connectivity index (χ1n) is 6.85. The van der Waals surface area contributed by atoms with Crippen LogP contribution in [0.4, 0.5) is 0 Å². The molecule has 0 radical (unpaired) electrons. The molecule has 0 bridgehead atoms. The van der Waals surface area contributed by atoms with Crippen molar-refractivity contribution < 1.29 is 9.47 Å². The number of pyridine rings is 1. The Morgan fingerprint density at radius 3 is 2.60 bits per heavy atom. The van der Waals surface area contributed by atoms with Gasteiger partial charge in [0, 0.05) is 24.1 Å². The summed E-state index contributed by atoms with van der Waals surface area (Å²) >= 11 is 5.93. The van der Waals surface area contributed by atoms with E-state index < -0.39 is 0 Å². The molecule has 0 spiro atoms. The third-order valence-corrected chi connectivity index (χ3v) is 3.19. The lowest BCUT2D eigenvalue weighted by molar-refractivity contribution is 0.0811. The summed E-state index contributed by atoms with van der Waals surface area (Å²) in [7, 11) is 0. The van der Waals surface area contributed by atoms with Gasteiger partial charge < -0.3 is 9.47 Å². The number of ether oxygens (including phenoxy) is 2. The second-order valence-corrected chi connectivity index (χ2v) is 5.35. The van der Waals surface area contributed by atoms with Crippen LogP contribution in [0.2, 0.25) is 0 Å². The Hall–Kier alpha value is -1.32. The van der Waals surface area contributed by atoms with E-state index in [-0.39, 0.29) is 0 Å². The highest BCUT2D eigenvalue weighted by Crippen LogP contribution is 2.26. The molecule has 0 aliphatic rings. The minimum atomic E-state index is 0.450. The van der Waals surface area contributed by atoms with Crippen molar-refractivity contribution in [2.75, 3.05) is 19.8 Å². The zero-order valence-electron chi connectivity index (χ0n) is 11.9. The predicted octanol–water partition coefficient (Wildman–Crippen LogP) is 4.03. The molecule has 0 unspecified atom stereocenters. The van der Waals surface area contributed by atoms with Crippen molar-refractivity contribution >= 4 is 22.4 Å². The van der Waals surface area contributed by atoms with Gasteiger partial charge in [-0.1, -0.05) is 32.0 Å². The molecule has 3 nitrogen and oxygen atoms in total. The fourth-order valence-corrected chi connectivity index (χ4v) is 2.18. The van der Waals surface area contributed by atoms with Gasteiger partial charge in [0.1, 0.15) is 6.61 Å². The van der Waals surface area contributed by atoms with Crippen molar-refractivity contribution in [2.45, 2.75) is 19.7 Å². The Balaban J connectivity index is 2.03. The van der Waals surface area contributed by atoms with E-state index >= 15 is 0 Å². The smallest absolute Gasteiger partial charge is 0.221 e. The second kappa shape index (κ2) is 7.46. The van der Waals surface area contributed by atoms with Gasteiger partial charge in [-0.2, -0.15) is 0 Å². The van der Waals surface area contributed by atoms with E-state index in [1.165, 1.54) is 0 Å². The number of rotatable bonds is 7. The van der Waals surface area contributed by atoms with Crippen LogP contribution in [0.1, 0.15) is 19.4 Å². The molecule has 0 aliphatic carbocycles. The van der Waals surface area contributed by atoms with Crippen LogP contribution in [0.25, 0.3) is 10.8 Å². The third-order valence-electron chi connectivity index (χ3n) is 2.90.